The number of aliphatic hydroxyl groups is 1. The van der Waals surface area contributed by atoms with Crippen LogP contribution in [0.4, 0.5) is 4.39 Å². The topological polar surface area (TPSA) is 20.2 Å². The molecule has 1 aromatic carbocycles. The van der Waals surface area contributed by atoms with E-state index in [1.165, 1.54) is 12.1 Å². The van der Waals surface area contributed by atoms with Crippen LogP contribution in [0.3, 0.4) is 0 Å². The molecule has 0 saturated carbocycles. The average Bonchev–Trinajstić information content (AvgIpc) is 2.32. The number of aryl methyl sites for hydroxylation is 1. The highest BCUT2D eigenvalue weighted by Crippen LogP contribution is 2.22. The Hall–Kier alpha value is -0.890. The van der Waals surface area contributed by atoms with Crippen molar-refractivity contribution in [3.05, 3.63) is 35.1 Å². The van der Waals surface area contributed by atoms with Crippen LogP contribution in [0.5, 0.6) is 0 Å². The summed E-state index contributed by atoms with van der Waals surface area (Å²) < 4.78 is 13.0. The third-order valence-electron chi connectivity index (χ3n) is 3.60. The molecule has 1 N–H and O–H groups in total. The first-order valence-corrected chi connectivity index (χ1v) is 7.01. The quantitative estimate of drug-likeness (QED) is 0.769. The van der Waals surface area contributed by atoms with Gasteiger partial charge in [-0.2, -0.15) is 0 Å². The molecule has 1 atom stereocenters. The molecule has 0 fully saturated rings. The fourth-order valence-electron chi connectivity index (χ4n) is 2.55. The second-order valence-corrected chi connectivity index (χ2v) is 5.18. The van der Waals surface area contributed by atoms with Gasteiger partial charge in [0.05, 0.1) is 6.10 Å². The van der Waals surface area contributed by atoms with Crippen LogP contribution in [-0.2, 0) is 6.42 Å². The van der Waals surface area contributed by atoms with Gasteiger partial charge in [0.2, 0.25) is 0 Å². The summed E-state index contributed by atoms with van der Waals surface area (Å²) in [6.45, 7) is 6.21. The van der Waals surface area contributed by atoms with Gasteiger partial charge in [-0.05, 0) is 55.4 Å². The zero-order chi connectivity index (χ0) is 13.5. The van der Waals surface area contributed by atoms with E-state index in [4.69, 9.17) is 0 Å². The van der Waals surface area contributed by atoms with Crippen LogP contribution in [0, 0.1) is 18.7 Å². The van der Waals surface area contributed by atoms with Crippen molar-refractivity contribution in [2.24, 2.45) is 5.92 Å². The summed E-state index contributed by atoms with van der Waals surface area (Å²) in [5.41, 5.74) is 1.99. The number of rotatable bonds is 7. The van der Waals surface area contributed by atoms with Gasteiger partial charge in [-0.1, -0.05) is 32.8 Å². The Morgan fingerprint density at radius 1 is 1.17 bits per heavy atom. The maximum atomic E-state index is 13.0. The third kappa shape index (κ3) is 4.41. The fraction of sp³-hybridized carbons (Fsp3) is 0.625. The number of halogens is 1. The van der Waals surface area contributed by atoms with Crippen LogP contribution in [0.2, 0.25) is 0 Å². The zero-order valence-corrected chi connectivity index (χ0v) is 11.7. The van der Waals surface area contributed by atoms with Crippen molar-refractivity contribution in [2.45, 2.75) is 59.0 Å². The number of hydrogen-bond donors (Lipinski definition) is 1. The summed E-state index contributed by atoms with van der Waals surface area (Å²) in [7, 11) is 0. The smallest absolute Gasteiger partial charge is 0.123 e. The summed E-state index contributed by atoms with van der Waals surface area (Å²) in [5.74, 6) is 0.161. The predicted molar refractivity (Wildman–Crippen MR) is 74.2 cm³/mol. The van der Waals surface area contributed by atoms with Gasteiger partial charge in [-0.25, -0.2) is 4.39 Å². The van der Waals surface area contributed by atoms with E-state index < -0.39 is 0 Å². The number of hydrogen-bond acceptors (Lipinski definition) is 1. The molecule has 102 valence electrons. The molecule has 1 nitrogen and oxygen atoms in total. The predicted octanol–water partition coefficient (Wildman–Crippen LogP) is 4.25. The molecule has 0 aliphatic heterocycles. The van der Waals surface area contributed by atoms with Crippen LogP contribution >= 0.6 is 0 Å². The van der Waals surface area contributed by atoms with Gasteiger partial charge < -0.3 is 5.11 Å². The first-order valence-electron chi connectivity index (χ1n) is 7.01. The van der Waals surface area contributed by atoms with Crippen molar-refractivity contribution in [2.75, 3.05) is 0 Å². The first kappa shape index (κ1) is 15.2. The lowest BCUT2D eigenvalue weighted by Gasteiger charge is -2.22. The number of benzene rings is 1. The molecule has 0 aromatic heterocycles. The highest BCUT2D eigenvalue weighted by Gasteiger charge is 2.18. The van der Waals surface area contributed by atoms with Gasteiger partial charge in [-0.3, -0.25) is 0 Å². The minimum Gasteiger partial charge on any atom is -0.392 e. The Balaban J connectivity index is 2.69. The van der Waals surface area contributed by atoms with Gasteiger partial charge in [-0.15, -0.1) is 0 Å². The molecule has 1 aromatic rings. The molecule has 1 rings (SSSR count). The van der Waals surface area contributed by atoms with E-state index in [0.29, 0.717) is 12.3 Å². The van der Waals surface area contributed by atoms with Crippen molar-refractivity contribution >= 4 is 0 Å². The fourth-order valence-corrected chi connectivity index (χ4v) is 2.55. The summed E-state index contributed by atoms with van der Waals surface area (Å²) in [4.78, 5) is 0. The Morgan fingerprint density at radius 2 is 1.78 bits per heavy atom. The molecular formula is C16H25FO. The largest absolute Gasteiger partial charge is 0.392 e. The van der Waals surface area contributed by atoms with E-state index in [-0.39, 0.29) is 11.9 Å². The van der Waals surface area contributed by atoms with Crippen molar-refractivity contribution in [3.63, 3.8) is 0 Å². The molecule has 0 radical (unpaired) electrons. The zero-order valence-electron chi connectivity index (χ0n) is 11.7. The van der Waals surface area contributed by atoms with Crippen molar-refractivity contribution in [3.8, 4) is 0 Å². The highest BCUT2D eigenvalue weighted by molar-refractivity contribution is 5.27. The van der Waals surface area contributed by atoms with Crippen LogP contribution in [0.15, 0.2) is 18.2 Å². The molecule has 0 heterocycles. The van der Waals surface area contributed by atoms with E-state index >= 15 is 0 Å². The average molecular weight is 252 g/mol. The van der Waals surface area contributed by atoms with E-state index in [2.05, 4.69) is 13.8 Å². The minimum atomic E-state index is -0.311. The molecule has 0 aliphatic carbocycles. The molecule has 18 heavy (non-hydrogen) atoms. The molecule has 0 bridgehead atoms. The molecule has 1 unspecified atom stereocenters. The second kappa shape index (κ2) is 7.52. The monoisotopic (exact) mass is 252 g/mol. The molecule has 0 spiro atoms. The van der Waals surface area contributed by atoms with Crippen LogP contribution in [-0.4, -0.2) is 11.2 Å². The molecular weight excluding hydrogens is 227 g/mol. The van der Waals surface area contributed by atoms with E-state index in [0.717, 1.165) is 36.8 Å². The first-order chi connectivity index (χ1) is 8.58. The Bertz CT molecular complexity index is 356. The van der Waals surface area contributed by atoms with Crippen LogP contribution in [0.25, 0.3) is 0 Å². The van der Waals surface area contributed by atoms with Gasteiger partial charge in [0.1, 0.15) is 5.82 Å². The maximum Gasteiger partial charge on any atom is 0.123 e. The SMILES string of the molecule is CCCC(CCC)C(O)Cc1ccc(F)cc1C. The minimum absolute atomic E-state index is 0.204. The van der Waals surface area contributed by atoms with Gasteiger partial charge in [0, 0.05) is 0 Å². The van der Waals surface area contributed by atoms with Gasteiger partial charge in [0.25, 0.3) is 0 Å². The Labute approximate surface area is 110 Å². The van der Waals surface area contributed by atoms with E-state index in [1.54, 1.807) is 6.07 Å². The third-order valence-corrected chi connectivity index (χ3v) is 3.60. The highest BCUT2D eigenvalue weighted by atomic mass is 19.1. The molecule has 0 amide bonds. The lowest BCUT2D eigenvalue weighted by molar-refractivity contribution is 0.0962. The van der Waals surface area contributed by atoms with Crippen molar-refractivity contribution in [1.82, 2.24) is 0 Å². The normalized spacial score (nSPS) is 13.0. The summed E-state index contributed by atoms with van der Waals surface area (Å²) in [5, 5.41) is 10.3. The van der Waals surface area contributed by atoms with E-state index in [1.807, 2.05) is 6.92 Å². The number of aliphatic hydroxyl groups excluding tert-OH is 1. The van der Waals surface area contributed by atoms with Crippen molar-refractivity contribution in [1.29, 1.82) is 0 Å². The lowest BCUT2D eigenvalue weighted by Crippen LogP contribution is -2.23. The van der Waals surface area contributed by atoms with E-state index in [9.17, 15) is 9.50 Å². The van der Waals surface area contributed by atoms with Crippen LogP contribution < -0.4 is 0 Å². The van der Waals surface area contributed by atoms with Crippen molar-refractivity contribution < 1.29 is 9.50 Å². The van der Waals surface area contributed by atoms with Crippen LogP contribution in [0.1, 0.15) is 50.7 Å². The van der Waals surface area contributed by atoms with Gasteiger partial charge >= 0.3 is 0 Å². The standard InChI is InChI=1S/C16H25FO/c1-4-6-13(7-5-2)16(18)11-14-8-9-15(17)10-12(14)3/h8-10,13,16,18H,4-7,11H2,1-3H3. The summed E-state index contributed by atoms with van der Waals surface area (Å²) in [6, 6.07) is 4.81. The summed E-state index contributed by atoms with van der Waals surface area (Å²) in [6.07, 6.45) is 4.66. The van der Waals surface area contributed by atoms with Gasteiger partial charge in [0.15, 0.2) is 0 Å². The molecule has 0 aliphatic rings. The second-order valence-electron chi connectivity index (χ2n) is 5.18. The Morgan fingerprint density at radius 3 is 2.28 bits per heavy atom. The molecule has 2 heteroatoms. The summed E-state index contributed by atoms with van der Waals surface area (Å²) >= 11 is 0. The lowest BCUT2D eigenvalue weighted by atomic mass is 9.88. The Kier molecular flexibility index (Phi) is 6.34. The maximum absolute atomic E-state index is 13.0. The molecule has 0 saturated heterocycles.